The van der Waals surface area contributed by atoms with Gasteiger partial charge in [-0.3, -0.25) is 4.79 Å². The van der Waals surface area contributed by atoms with E-state index in [1.165, 1.54) is 10.4 Å². The van der Waals surface area contributed by atoms with Crippen LogP contribution in [0.15, 0.2) is 65.6 Å². The van der Waals surface area contributed by atoms with Crippen molar-refractivity contribution in [1.82, 2.24) is 9.62 Å². The van der Waals surface area contributed by atoms with Gasteiger partial charge in [0.2, 0.25) is 15.9 Å². The Morgan fingerprint density at radius 1 is 1.06 bits per heavy atom. The molecule has 1 heterocycles. The van der Waals surface area contributed by atoms with Crippen LogP contribution in [0.4, 0.5) is 4.39 Å². The minimum atomic E-state index is -3.78. The van der Waals surface area contributed by atoms with Gasteiger partial charge in [-0.1, -0.05) is 54.1 Å². The summed E-state index contributed by atoms with van der Waals surface area (Å²) < 4.78 is 40.3. The quantitative estimate of drug-likeness (QED) is 0.615. The molecule has 0 aromatic heterocycles. The summed E-state index contributed by atoms with van der Waals surface area (Å²) in [6, 6.07) is 17.4. The van der Waals surface area contributed by atoms with Gasteiger partial charge in [0.25, 0.3) is 0 Å². The van der Waals surface area contributed by atoms with Crippen LogP contribution in [-0.2, 0) is 21.4 Å². The van der Waals surface area contributed by atoms with Gasteiger partial charge in [-0.2, -0.15) is 4.31 Å². The maximum Gasteiger partial charge on any atom is 0.243 e. The standard InChI is InChI=1S/C23H22ClFN2O3S/c24-21-14-19(8-9-22(21)25)31(29,30)27-12-10-17(11-13-27)23(28)26-15-18-6-3-5-16-4-1-2-7-20(16)18/h1-9,14,17H,10-13,15H2,(H,26,28). The highest BCUT2D eigenvalue weighted by Crippen LogP contribution is 2.27. The number of nitrogens with zero attached hydrogens (tertiary/aromatic N) is 1. The van der Waals surface area contributed by atoms with Crippen LogP contribution in [0.5, 0.6) is 0 Å². The van der Waals surface area contributed by atoms with Gasteiger partial charge >= 0.3 is 0 Å². The molecule has 0 spiro atoms. The molecule has 8 heteroatoms. The van der Waals surface area contributed by atoms with Gasteiger partial charge in [-0.15, -0.1) is 0 Å². The Labute approximate surface area is 185 Å². The minimum absolute atomic E-state index is 0.0437. The monoisotopic (exact) mass is 460 g/mol. The topological polar surface area (TPSA) is 66.5 Å². The Balaban J connectivity index is 1.37. The zero-order valence-corrected chi connectivity index (χ0v) is 18.3. The lowest BCUT2D eigenvalue weighted by molar-refractivity contribution is -0.126. The van der Waals surface area contributed by atoms with Gasteiger partial charge in [0, 0.05) is 25.6 Å². The third kappa shape index (κ3) is 4.59. The van der Waals surface area contributed by atoms with E-state index in [0.29, 0.717) is 19.4 Å². The molecule has 0 bridgehead atoms. The Bertz CT molecular complexity index is 1220. The molecule has 3 aromatic rings. The number of halogens is 2. The fourth-order valence-electron chi connectivity index (χ4n) is 3.92. The summed E-state index contributed by atoms with van der Waals surface area (Å²) in [5, 5.41) is 4.98. The molecule has 0 atom stereocenters. The number of amides is 1. The van der Waals surface area contributed by atoms with Crippen molar-refractivity contribution in [2.75, 3.05) is 13.1 Å². The van der Waals surface area contributed by atoms with E-state index >= 15 is 0 Å². The molecule has 1 aliphatic rings. The lowest BCUT2D eigenvalue weighted by Gasteiger charge is -2.30. The predicted octanol–water partition coefficient (Wildman–Crippen LogP) is 4.35. The molecule has 0 unspecified atom stereocenters. The number of piperidine rings is 1. The van der Waals surface area contributed by atoms with E-state index in [2.05, 4.69) is 5.32 Å². The van der Waals surface area contributed by atoms with Crippen molar-refractivity contribution < 1.29 is 17.6 Å². The maximum absolute atomic E-state index is 13.4. The van der Waals surface area contributed by atoms with Crippen LogP contribution < -0.4 is 5.32 Å². The van der Waals surface area contributed by atoms with Crippen molar-refractivity contribution in [1.29, 1.82) is 0 Å². The average Bonchev–Trinajstić information content (AvgIpc) is 2.79. The molecule has 31 heavy (non-hydrogen) atoms. The molecule has 1 N–H and O–H groups in total. The van der Waals surface area contributed by atoms with E-state index in [1.54, 1.807) is 0 Å². The number of hydrogen-bond donors (Lipinski definition) is 1. The van der Waals surface area contributed by atoms with E-state index in [4.69, 9.17) is 11.6 Å². The van der Waals surface area contributed by atoms with Gasteiger partial charge < -0.3 is 5.32 Å². The zero-order chi connectivity index (χ0) is 22.0. The number of carbonyl (C=O) groups excluding carboxylic acids is 1. The third-order valence-electron chi connectivity index (χ3n) is 5.69. The molecule has 5 nitrogen and oxygen atoms in total. The molecule has 162 valence electrons. The number of benzene rings is 3. The number of sulfonamides is 1. The zero-order valence-electron chi connectivity index (χ0n) is 16.7. The van der Waals surface area contributed by atoms with Crippen molar-refractivity contribution >= 4 is 38.3 Å². The highest BCUT2D eigenvalue weighted by atomic mass is 35.5. The van der Waals surface area contributed by atoms with E-state index in [-0.39, 0.29) is 34.8 Å². The first kappa shape index (κ1) is 21.7. The summed E-state index contributed by atoms with van der Waals surface area (Å²) in [5.41, 5.74) is 1.04. The smallest absolute Gasteiger partial charge is 0.243 e. The fourth-order valence-corrected chi connectivity index (χ4v) is 5.66. The molecule has 1 aliphatic heterocycles. The third-order valence-corrected chi connectivity index (χ3v) is 7.87. The molecule has 1 saturated heterocycles. The number of fused-ring (bicyclic) bond motifs is 1. The SMILES string of the molecule is O=C(NCc1cccc2ccccc12)C1CCN(S(=O)(=O)c2ccc(F)c(Cl)c2)CC1. The molecule has 0 radical (unpaired) electrons. The average molecular weight is 461 g/mol. The molecule has 1 amide bonds. The van der Waals surface area contributed by atoms with Gasteiger partial charge in [0.05, 0.1) is 9.92 Å². The van der Waals surface area contributed by atoms with E-state index < -0.39 is 15.8 Å². The van der Waals surface area contributed by atoms with Crippen LogP contribution in [0.1, 0.15) is 18.4 Å². The molecule has 3 aromatic carbocycles. The largest absolute Gasteiger partial charge is 0.352 e. The normalized spacial score (nSPS) is 15.8. The summed E-state index contributed by atoms with van der Waals surface area (Å²) >= 11 is 5.73. The lowest BCUT2D eigenvalue weighted by Crippen LogP contribution is -2.42. The van der Waals surface area contributed by atoms with Crippen LogP contribution in [0.25, 0.3) is 10.8 Å². The first-order valence-electron chi connectivity index (χ1n) is 10.1. The molecular weight excluding hydrogens is 439 g/mol. The van der Waals surface area contributed by atoms with Crippen molar-refractivity contribution in [3.63, 3.8) is 0 Å². The Morgan fingerprint density at radius 3 is 2.52 bits per heavy atom. The Hall–Kier alpha value is -2.48. The predicted molar refractivity (Wildman–Crippen MR) is 119 cm³/mol. The summed E-state index contributed by atoms with van der Waals surface area (Å²) in [4.78, 5) is 12.6. The lowest BCUT2D eigenvalue weighted by atomic mass is 9.97. The van der Waals surface area contributed by atoms with Crippen LogP contribution in [0, 0.1) is 11.7 Å². The molecule has 4 rings (SSSR count). The van der Waals surface area contributed by atoms with Crippen molar-refractivity contribution in [2.45, 2.75) is 24.3 Å². The second kappa shape index (κ2) is 8.94. The molecule has 1 fully saturated rings. The van der Waals surface area contributed by atoms with Gasteiger partial charge in [0.15, 0.2) is 0 Å². The highest BCUT2D eigenvalue weighted by molar-refractivity contribution is 7.89. The van der Waals surface area contributed by atoms with Gasteiger partial charge in [-0.25, -0.2) is 12.8 Å². The number of carbonyl (C=O) groups is 1. The summed E-state index contributed by atoms with van der Waals surface area (Å²) in [6.07, 6.45) is 0.852. The maximum atomic E-state index is 13.4. The Kier molecular flexibility index (Phi) is 6.27. The molecular formula is C23H22ClFN2O3S. The number of rotatable bonds is 5. The van der Waals surface area contributed by atoms with Crippen LogP contribution in [0.2, 0.25) is 5.02 Å². The molecule has 0 saturated carbocycles. The van der Waals surface area contributed by atoms with Crippen LogP contribution >= 0.6 is 11.6 Å². The summed E-state index contributed by atoms with van der Waals surface area (Å²) in [7, 11) is -3.78. The first-order chi connectivity index (χ1) is 14.9. The van der Waals surface area contributed by atoms with Gasteiger partial charge in [-0.05, 0) is 47.4 Å². The summed E-state index contributed by atoms with van der Waals surface area (Å²) in [6.45, 7) is 0.875. The summed E-state index contributed by atoms with van der Waals surface area (Å²) in [5.74, 6) is -0.991. The Morgan fingerprint density at radius 2 is 1.77 bits per heavy atom. The van der Waals surface area contributed by atoms with Gasteiger partial charge in [0.1, 0.15) is 5.82 Å². The minimum Gasteiger partial charge on any atom is -0.352 e. The second-order valence-electron chi connectivity index (χ2n) is 7.61. The fraction of sp³-hybridized carbons (Fsp3) is 0.261. The highest BCUT2D eigenvalue weighted by Gasteiger charge is 2.32. The second-order valence-corrected chi connectivity index (χ2v) is 9.96. The van der Waals surface area contributed by atoms with Crippen LogP contribution in [-0.4, -0.2) is 31.7 Å². The van der Waals surface area contributed by atoms with E-state index in [9.17, 15) is 17.6 Å². The van der Waals surface area contributed by atoms with E-state index in [0.717, 1.165) is 28.5 Å². The van der Waals surface area contributed by atoms with Crippen molar-refractivity contribution in [2.24, 2.45) is 5.92 Å². The number of nitrogens with one attached hydrogen (secondary N) is 1. The van der Waals surface area contributed by atoms with Crippen molar-refractivity contribution in [3.05, 3.63) is 77.1 Å². The van der Waals surface area contributed by atoms with E-state index in [1.807, 2.05) is 42.5 Å². The number of hydrogen-bond acceptors (Lipinski definition) is 3. The molecule has 0 aliphatic carbocycles. The first-order valence-corrected chi connectivity index (χ1v) is 11.9. The van der Waals surface area contributed by atoms with Crippen molar-refractivity contribution in [3.8, 4) is 0 Å². The van der Waals surface area contributed by atoms with Crippen LogP contribution in [0.3, 0.4) is 0 Å².